The van der Waals surface area contributed by atoms with Crippen molar-refractivity contribution < 1.29 is 4.79 Å². The number of nitrogens with zero attached hydrogens (tertiary/aromatic N) is 4. The van der Waals surface area contributed by atoms with E-state index in [2.05, 4.69) is 16.4 Å². The van der Waals surface area contributed by atoms with Gasteiger partial charge in [0.2, 0.25) is 5.91 Å². The van der Waals surface area contributed by atoms with E-state index in [9.17, 15) is 14.9 Å². The number of aromatic nitrogens is 3. The van der Waals surface area contributed by atoms with E-state index in [4.69, 9.17) is 0 Å². The van der Waals surface area contributed by atoms with Crippen LogP contribution in [0.5, 0.6) is 0 Å². The van der Waals surface area contributed by atoms with Crippen molar-refractivity contribution in [1.29, 1.82) is 5.26 Å². The monoisotopic (exact) mass is 463 g/mol. The zero-order chi connectivity index (χ0) is 22.8. The number of carbonyl (C=O) groups excluding carboxylic acids is 1. The number of benzene rings is 1. The minimum atomic E-state index is -0.265. The number of anilines is 1. The molecule has 0 spiro atoms. The molecule has 0 atom stereocenters. The lowest BCUT2D eigenvalue weighted by Gasteiger charge is -2.13. The fraction of sp³-hybridized carbons (Fsp3) is 0.217. The van der Waals surface area contributed by atoms with Gasteiger partial charge in [0.1, 0.15) is 16.7 Å². The fourth-order valence-corrected chi connectivity index (χ4v) is 5.08. The molecule has 0 aliphatic carbocycles. The number of hydrogen-bond acceptors (Lipinski definition) is 6. The van der Waals surface area contributed by atoms with Crippen LogP contribution in [0.25, 0.3) is 10.2 Å². The summed E-state index contributed by atoms with van der Waals surface area (Å²) in [4.78, 5) is 30.5. The van der Waals surface area contributed by atoms with Gasteiger partial charge in [-0.3, -0.25) is 14.2 Å². The largest absolute Gasteiger partial charge is 0.326 e. The van der Waals surface area contributed by atoms with E-state index in [0.717, 1.165) is 16.8 Å². The molecule has 162 valence electrons. The molecule has 0 unspecified atom stereocenters. The lowest BCUT2D eigenvalue weighted by molar-refractivity contribution is -0.113. The van der Waals surface area contributed by atoms with E-state index in [1.54, 1.807) is 13.1 Å². The Morgan fingerprint density at radius 1 is 1.25 bits per heavy atom. The Balaban J connectivity index is 1.57. The molecule has 0 aliphatic heterocycles. The Bertz CT molecular complexity index is 1410. The first-order valence-electron chi connectivity index (χ1n) is 9.91. The average Bonchev–Trinajstić information content (AvgIpc) is 3.35. The molecule has 0 radical (unpaired) electrons. The Hall–Kier alpha value is -3.35. The molecule has 3 heterocycles. The van der Waals surface area contributed by atoms with Crippen LogP contribution >= 0.6 is 23.1 Å². The van der Waals surface area contributed by atoms with Gasteiger partial charge in [-0.1, -0.05) is 42.1 Å². The van der Waals surface area contributed by atoms with Crippen LogP contribution in [-0.2, 0) is 18.4 Å². The van der Waals surface area contributed by atoms with Crippen LogP contribution in [0, 0.1) is 25.2 Å². The molecule has 0 fully saturated rings. The first-order chi connectivity index (χ1) is 15.4. The number of carbonyl (C=O) groups is 1. The minimum Gasteiger partial charge on any atom is -0.326 e. The lowest BCUT2D eigenvalue weighted by Crippen LogP contribution is -2.22. The molecule has 3 aromatic heterocycles. The van der Waals surface area contributed by atoms with Crippen LogP contribution in [0.3, 0.4) is 0 Å². The third-order valence-electron chi connectivity index (χ3n) is 5.38. The average molecular weight is 464 g/mol. The number of thioether (sulfide) groups is 1. The second kappa shape index (κ2) is 9.02. The van der Waals surface area contributed by atoms with Gasteiger partial charge in [0, 0.05) is 19.3 Å². The van der Waals surface area contributed by atoms with Gasteiger partial charge in [-0.2, -0.15) is 5.26 Å². The Morgan fingerprint density at radius 2 is 2.00 bits per heavy atom. The van der Waals surface area contributed by atoms with Gasteiger partial charge >= 0.3 is 0 Å². The molecule has 1 N–H and O–H groups in total. The van der Waals surface area contributed by atoms with E-state index in [-0.39, 0.29) is 17.2 Å². The lowest BCUT2D eigenvalue weighted by atomic mass is 10.2. The van der Waals surface area contributed by atoms with Crippen molar-refractivity contribution >= 4 is 45.0 Å². The second-order valence-electron chi connectivity index (χ2n) is 7.35. The van der Waals surface area contributed by atoms with E-state index >= 15 is 0 Å². The zero-order valence-corrected chi connectivity index (χ0v) is 19.5. The topological polar surface area (TPSA) is 92.7 Å². The summed E-state index contributed by atoms with van der Waals surface area (Å²) in [6.45, 7) is 4.37. The van der Waals surface area contributed by atoms with Crippen molar-refractivity contribution in [3.63, 3.8) is 0 Å². The van der Waals surface area contributed by atoms with Crippen molar-refractivity contribution in [3.05, 3.63) is 74.5 Å². The number of fused-ring (bicyclic) bond motifs is 1. The molecular formula is C23H21N5O2S2. The van der Waals surface area contributed by atoms with Gasteiger partial charge in [-0.25, -0.2) is 4.98 Å². The van der Waals surface area contributed by atoms with Crippen molar-refractivity contribution in [2.24, 2.45) is 7.05 Å². The summed E-state index contributed by atoms with van der Waals surface area (Å²) in [6, 6.07) is 13.9. The Kier molecular flexibility index (Phi) is 6.17. The highest BCUT2D eigenvalue weighted by molar-refractivity contribution is 7.99. The maximum atomic E-state index is 12.8. The molecule has 7 nitrogen and oxygen atoms in total. The highest BCUT2D eigenvalue weighted by atomic mass is 32.2. The van der Waals surface area contributed by atoms with Crippen LogP contribution in [-0.4, -0.2) is 25.8 Å². The van der Waals surface area contributed by atoms with Gasteiger partial charge in [0.25, 0.3) is 5.56 Å². The maximum Gasteiger partial charge on any atom is 0.262 e. The van der Waals surface area contributed by atoms with Crippen LogP contribution < -0.4 is 10.9 Å². The fourth-order valence-electron chi connectivity index (χ4n) is 3.50. The van der Waals surface area contributed by atoms with E-state index < -0.39 is 0 Å². The van der Waals surface area contributed by atoms with Crippen LogP contribution in [0.15, 0.2) is 51.7 Å². The van der Waals surface area contributed by atoms with Gasteiger partial charge in [-0.05, 0) is 36.4 Å². The quantitative estimate of drug-likeness (QED) is 0.344. The number of nitrogens with one attached hydrogen (secondary N) is 1. The highest BCUT2D eigenvalue weighted by Gasteiger charge is 2.20. The summed E-state index contributed by atoms with van der Waals surface area (Å²) in [5.41, 5.74) is 3.18. The first kappa shape index (κ1) is 21.9. The van der Waals surface area contributed by atoms with Crippen LogP contribution in [0.2, 0.25) is 0 Å². The highest BCUT2D eigenvalue weighted by Crippen LogP contribution is 2.28. The summed E-state index contributed by atoms with van der Waals surface area (Å²) in [6.07, 6.45) is 0. The molecule has 0 saturated heterocycles. The molecule has 9 heteroatoms. The summed E-state index contributed by atoms with van der Waals surface area (Å²) in [5.74, 6) is 0.294. The molecule has 0 saturated carbocycles. The smallest absolute Gasteiger partial charge is 0.262 e. The zero-order valence-electron chi connectivity index (χ0n) is 17.9. The van der Waals surface area contributed by atoms with Crippen molar-refractivity contribution in [3.8, 4) is 6.07 Å². The number of rotatable bonds is 6. The molecule has 32 heavy (non-hydrogen) atoms. The van der Waals surface area contributed by atoms with Gasteiger partial charge < -0.3 is 9.88 Å². The molecule has 1 aromatic carbocycles. The summed E-state index contributed by atoms with van der Waals surface area (Å²) < 4.78 is 3.41. The van der Waals surface area contributed by atoms with Crippen molar-refractivity contribution in [1.82, 2.24) is 14.1 Å². The molecule has 1 amide bonds. The molecule has 0 aliphatic rings. The SMILES string of the molecule is Cc1c(C#N)c(NC(=O)CSc2nc3sccc3c(=O)n2C)n(Cc2ccccc2)c1C. The molecular weight excluding hydrogens is 442 g/mol. The third kappa shape index (κ3) is 4.07. The predicted molar refractivity (Wildman–Crippen MR) is 128 cm³/mol. The number of amides is 1. The van der Waals surface area contributed by atoms with E-state index in [1.807, 2.05) is 54.1 Å². The molecule has 4 rings (SSSR count). The molecule has 0 bridgehead atoms. The van der Waals surface area contributed by atoms with Gasteiger partial charge in [-0.15, -0.1) is 11.3 Å². The number of hydrogen-bond donors (Lipinski definition) is 1. The van der Waals surface area contributed by atoms with Crippen molar-refractivity contribution in [2.45, 2.75) is 25.5 Å². The van der Waals surface area contributed by atoms with Crippen molar-refractivity contribution in [2.75, 3.05) is 11.1 Å². The van der Waals surface area contributed by atoms with Gasteiger partial charge in [0.15, 0.2) is 5.16 Å². The van der Waals surface area contributed by atoms with Crippen LogP contribution in [0.1, 0.15) is 22.4 Å². The standard InChI is InChI=1S/C23H21N5O2S2/c1-14-15(2)28(12-16-7-5-4-6-8-16)20(18(14)11-24)25-19(29)13-32-23-26-21-17(9-10-31-21)22(30)27(23)3/h4-10H,12-13H2,1-3H3,(H,25,29). The Labute approximate surface area is 193 Å². The summed E-state index contributed by atoms with van der Waals surface area (Å²) in [7, 11) is 1.65. The van der Waals surface area contributed by atoms with Crippen LogP contribution in [0.4, 0.5) is 5.82 Å². The maximum absolute atomic E-state index is 12.8. The summed E-state index contributed by atoms with van der Waals surface area (Å²) >= 11 is 2.59. The number of thiophene rings is 1. The molecule has 4 aromatic rings. The van der Waals surface area contributed by atoms with E-state index in [1.165, 1.54) is 27.7 Å². The van der Waals surface area contributed by atoms with Gasteiger partial charge in [0.05, 0.1) is 16.7 Å². The first-order valence-corrected chi connectivity index (χ1v) is 11.8. The second-order valence-corrected chi connectivity index (χ2v) is 9.19. The predicted octanol–water partition coefficient (Wildman–Crippen LogP) is 4.06. The Morgan fingerprint density at radius 3 is 2.72 bits per heavy atom. The minimum absolute atomic E-state index is 0.0661. The third-order valence-corrected chi connectivity index (χ3v) is 7.22. The normalized spacial score (nSPS) is 10.9. The summed E-state index contributed by atoms with van der Waals surface area (Å²) in [5, 5.41) is 15.5. The van der Waals surface area contributed by atoms with E-state index in [0.29, 0.717) is 33.3 Å². The number of nitriles is 1.